The third kappa shape index (κ3) is 6.51. The Balaban J connectivity index is 3.74. The number of hydrogen-bond donors (Lipinski definition) is 4. The first-order valence-electron chi connectivity index (χ1n) is 4.45. The van der Waals surface area contributed by atoms with Gasteiger partial charge >= 0.3 is 5.97 Å². The molecule has 5 N–H and O–H groups in total. The molecule has 0 aromatic rings. The van der Waals surface area contributed by atoms with Crippen molar-refractivity contribution in [1.82, 2.24) is 5.32 Å². The number of nitrogens with one attached hydrogen (secondary N) is 1. The van der Waals surface area contributed by atoms with E-state index in [-0.39, 0.29) is 0 Å². The molecule has 0 aliphatic rings. The summed E-state index contributed by atoms with van der Waals surface area (Å²) in [4.78, 5) is 10.6. The van der Waals surface area contributed by atoms with Crippen molar-refractivity contribution in [3.63, 3.8) is 0 Å². The average Bonchev–Trinajstić information content (AvgIpc) is 2.02. The fraction of sp³-hybridized carbons (Fsp3) is 0.875. The second kappa shape index (κ2) is 6.82. The van der Waals surface area contributed by atoms with E-state index in [2.05, 4.69) is 5.32 Å². The predicted molar refractivity (Wildman–Crippen MR) is 49.1 cm³/mol. The number of hydrogen-bond acceptors (Lipinski definition) is 4. The van der Waals surface area contributed by atoms with Crippen molar-refractivity contribution in [2.45, 2.75) is 38.5 Å². The molecule has 5 nitrogen and oxygen atoms in total. The first-order chi connectivity index (χ1) is 6.07. The molecule has 0 saturated carbocycles. The lowest BCUT2D eigenvalue weighted by Gasteiger charge is -2.15. The number of nitrogens with two attached hydrogens (primary N) is 1. The van der Waals surface area contributed by atoms with E-state index in [0.29, 0.717) is 13.0 Å². The lowest BCUT2D eigenvalue weighted by molar-refractivity contribution is -0.140. The molecule has 0 aliphatic carbocycles. The first kappa shape index (κ1) is 12.3. The molecule has 0 bridgehead atoms. The second-order valence-corrected chi connectivity index (χ2v) is 3.02. The molecule has 0 heterocycles. The van der Waals surface area contributed by atoms with Crippen LogP contribution in [-0.4, -0.2) is 35.0 Å². The number of aliphatic hydroxyl groups excluding tert-OH is 1. The van der Waals surface area contributed by atoms with Crippen LogP contribution in [0.5, 0.6) is 0 Å². The van der Waals surface area contributed by atoms with Crippen molar-refractivity contribution in [3.05, 3.63) is 0 Å². The van der Waals surface area contributed by atoms with Gasteiger partial charge in [-0.15, -0.1) is 0 Å². The summed E-state index contributed by atoms with van der Waals surface area (Å²) >= 11 is 0. The number of carboxylic acid groups (broad SMARTS) is 1. The number of carboxylic acids is 1. The van der Waals surface area contributed by atoms with E-state index in [0.717, 1.165) is 12.8 Å². The van der Waals surface area contributed by atoms with Crippen molar-refractivity contribution in [2.24, 2.45) is 5.73 Å². The minimum absolute atomic E-state index is 0.497. The van der Waals surface area contributed by atoms with E-state index in [1.54, 1.807) is 0 Å². The van der Waals surface area contributed by atoms with Gasteiger partial charge in [-0.3, -0.25) is 10.1 Å². The standard InChI is InChI=1S/C8H18N2O3/c1-6(11)10-7(8(12)13)4-2-3-5-9/h6-7,10-11H,2-5,9H2,1H3,(H,12,13)/t6?,7-/m0/s1. The Morgan fingerprint density at radius 2 is 2.15 bits per heavy atom. The highest BCUT2D eigenvalue weighted by molar-refractivity contribution is 5.73. The van der Waals surface area contributed by atoms with Crippen LogP contribution in [-0.2, 0) is 4.79 Å². The molecule has 0 aromatic carbocycles. The molecule has 5 heteroatoms. The normalized spacial score (nSPS) is 15.3. The van der Waals surface area contributed by atoms with Gasteiger partial charge in [0.1, 0.15) is 12.3 Å². The number of aliphatic hydroxyl groups is 1. The Morgan fingerprint density at radius 3 is 2.54 bits per heavy atom. The summed E-state index contributed by atoms with van der Waals surface area (Å²) in [6, 6.07) is -0.674. The van der Waals surface area contributed by atoms with Crippen LogP contribution in [0.3, 0.4) is 0 Å². The van der Waals surface area contributed by atoms with Crippen LogP contribution in [0.4, 0.5) is 0 Å². The van der Waals surface area contributed by atoms with Gasteiger partial charge in [0.05, 0.1) is 0 Å². The minimum atomic E-state index is -0.932. The van der Waals surface area contributed by atoms with Crippen LogP contribution in [0.15, 0.2) is 0 Å². The maximum Gasteiger partial charge on any atom is 0.320 e. The zero-order valence-electron chi connectivity index (χ0n) is 7.86. The summed E-state index contributed by atoms with van der Waals surface area (Å²) in [7, 11) is 0. The lowest BCUT2D eigenvalue weighted by Crippen LogP contribution is -2.41. The van der Waals surface area contributed by atoms with Crippen LogP contribution >= 0.6 is 0 Å². The number of carbonyl (C=O) groups is 1. The second-order valence-electron chi connectivity index (χ2n) is 3.02. The highest BCUT2D eigenvalue weighted by atomic mass is 16.4. The highest BCUT2D eigenvalue weighted by Crippen LogP contribution is 2.01. The highest BCUT2D eigenvalue weighted by Gasteiger charge is 2.17. The van der Waals surface area contributed by atoms with Gasteiger partial charge in [0.15, 0.2) is 0 Å². The SMILES string of the molecule is CC(O)N[C@@H](CCCCN)C(=O)O. The Morgan fingerprint density at radius 1 is 1.54 bits per heavy atom. The fourth-order valence-electron chi connectivity index (χ4n) is 1.06. The predicted octanol–water partition coefficient (Wildman–Crippen LogP) is -0.503. The van der Waals surface area contributed by atoms with Crippen LogP contribution < -0.4 is 11.1 Å². The van der Waals surface area contributed by atoms with Crippen molar-refractivity contribution < 1.29 is 15.0 Å². The molecule has 0 amide bonds. The van der Waals surface area contributed by atoms with E-state index in [4.69, 9.17) is 15.9 Å². The summed E-state index contributed by atoms with van der Waals surface area (Å²) in [6.45, 7) is 2.07. The fourth-order valence-corrected chi connectivity index (χ4v) is 1.06. The van der Waals surface area contributed by atoms with E-state index in [1.165, 1.54) is 6.92 Å². The van der Waals surface area contributed by atoms with Crippen LogP contribution in [0.1, 0.15) is 26.2 Å². The third-order valence-corrected chi connectivity index (χ3v) is 1.69. The van der Waals surface area contributed by atoms with Gasteiger partial charge in [-0.25, -0.2) is 0 Å². The Bertz CT molecular complexity index is 150. The largest absolute Gasteiger partial charge is 0.480 e. The molecule has 0 aliphatic heterocycles. The Labute approximate surface area is 77.9 Å². The first-order valence-corrected chi connectivity index (χ1v) is 4.45. The molecule has 2 atom stereocenters. The minimum Gasteiger partial charge on any atom is -0.480 e. The van der Waals surface area contributed by atoms with Gasteiger partial charge in [0, 0.05) is 0 Å². The van der Waals surface area contributed by atoms with E-state index in [1.807, 2.05) is 0 Å². The summed E-state index contributed by atoms with van der Waals surface area (Å²) in [5, 5.41) is 20.2. The van der Waals surface area contributed by atoms with Crippen LogP contribution in [0, 0.1) is 0 Å². The molecular formula is C8H18N2O3. The maximum absolute atomic E-state index is 10.6. The number of aliphatic carboxylic acids is 1. The third-order valence-electron chi connectivity index (χ3n) is 1.69. The number of unbranched alkanes of at least 4 members (excludes halogenated alkanes) is 1. The molecular weight excluding hydrogens is 172 g/mol. The van der Waals surface area contributed by atoms with Gasteiger partial charge < -0.3 is 15.9 Å². The topological polar surface area (TPSA) is 95.6 Å². The maximum atomic E-state index is 10.6. The molecule has 0 radical (unpaired) electrons. The van der Waals surface area contributed by atoms with Crippen molar-refractivity contribution in [1.29, 1.82) is 0 Å². The zero-order chi connectivity index (χ0) is 10.3. The molecule has 0 saturated heterocycles. The molecule has 78 valence electrons. The van der Waals surface area contributed by atoms with E-state index >= 15 is 0 Å². The van der Waals surface area contributed by atoms with Gasteiger partial charge in [-0.1, -0.05) is 6.42 Å². The van der Waals surface area contributed by atoms with Gasteiger partial charge in [0.2, 0.25) is 0 Å². The smallest absolute Gasteiger partial charge is 0.320 e. The molecule has 0 fully saturated rings. The lowest BCUT2D eigenvalue weighted by atomic mass is 10.1. The van der Waals surface area contributed by atoms with Gasteiger partial charge in [0.25, 0.3) is 0 Å². The van der Waals surface area contributed by atoms with Crippen molar-refractivity contribution in [3.8, 4) is 0 Å². The molecule has 0 spiro atoms. The molecule has 1 unspecified atom stereocenters. The summed E-state index contributed by atoms with van der Waals surface area (Å²) in [6.07, 6.45) is 1.27. The summed E-state index contributed by atoms with van der Waals surface area (Å²) < 4.78 is 0. The summed E-state index contributed by atoms with van der Waals surface area (Å²) in [5.74, 6) is -0.932. The molecule has 0 rings (SSSR count). The van der Waals surface area contributed by atoms with Gasteiger partial charge in [-0.2, -0.15) is 0 Å². The van der Waals surface area contributed by atoms with E-state index < -0.39 is 18.2 Å². The molecule has 0 aromatic heterocycles. The van der Waals surface area contributed by atoms with Gasteiger partial charge in [-0.05, 0) is 26.3 Å². The van der Waals surface area contributed by atoms with Crippen LogP contribution in [0.25, 0.3) is 0 Å². The Kier molecular flexibility index (Phi) is 6.48. The Hall–Kier alpha value is -0.650. The number of rotatable bonds is 7. The van der Waals surface area contributed by atoms with Crippen molar-refractivity contribution in [2.75, 3.05) is 6.54 Å². The quantitative estimate of drug-likeness (QED) is 0.320. The molecule has 13 heavy (non-hydrogen) atoms. The monoisotopic (exact) mass is 190 g/mol. The van der Waals surface area contributed by atoms with Crippen LogP contribution in [0.2, 0.25) is 0 Å². The van der Waals surface area contributed by atoms with E-state index in [9.17, 15) is 4.79 Å². The zero-order valence-corrected chi connectivity index (χ0v) is 7.86. The summed E-state index contributed by atoms with van der Waals surface area (Å²) in [5.41, 5.74) is 5.27. The van der Waals surface area contributed by atoms with Crippen molar-refractivity contribution >= 4 is 5.97 Å². The average molecular weight is 190 g/mol.